The maximum Gasteiger partial charge on any atom is 0.225 e. The lowest BCUT2D eigenvalue weighted by molar-refractivity contribution is -0.146. The van der Waals surface area contributed by atoms with Gasteiger partial charge < -0.3 is 14.4 Å². The highest BCUT2D eigenvalue weighted by atomic mass is 79.9. The summed E-state index contributed by atoms with van der Waals surface area (Å²) in [6.07, 6.45) is 6.03. The minimum absolute atomic E-state index is 0.152. The van der Waals surface area contributed by atoms with Crippen LogP contribution < -0.4 is 0 Å². The summed E-state index contributed by atoms with van der Waals surface area (Å²) in [7, 11) is 1.73. The SMILES string of the molecule is COC1(CC(=O)N2CCC(OCCBr)CC2)CCC1. The lowest BCUT2D eigenvalue weighted by Crippen LogP contribution is -2.47. The van der Waals surface area contributed by atoms with E-state index < -0.39 is 0 Å². The van der Waals surface area contributed by atoms with Crippen molar-refractivity contribution in [3.8, 4) is 0 Å². The number of carbonyl (C=O) groups is 1. The summed E-state index contributed by atoms with van der Waals surface area (Å²) >= 11 is 3.36. The molecule has 1 saturated carbocycles. The number of likely N-dealkylation sites (tertiary alicyclic amines) is 1. The molecule has 4 nitrogen and oxygen atoms in total. The molecule has 1 aliphatic heterocycles. The molecule has 0 aromatic rings. The number of nitrogens with zero attached hydrogens (tertiary/aromatic N) is 1. The van der Waals surface area contributed by atoms with E-state index >= 15 is 0 Å². The average molecular weight is 334 g/mol. The van der Waals surface area contributed by atoms with Crippen LogP contribution in [0.5, 0.6) is 0 Å². The van der Waals surface area contributed by atoms with Crippen molar-refractivity contribution in [3.05, 3.63) is 0 Å². The normalized spacial score (nSPS) is 23.2. The predicted octanol–water partition coefficient (Wildman–Crippen LogP) is 2.35. The van der Waals surface area contributed by atoms with Crippen LogP contribution in [0.2, 0.25) is 0 Å². The first-order chi connectivity index (χ1) is 9.19. The maximum absolute atomic E-state index is 12.3. The molecule has 5 heteroatoms. The molecule has 2 aliphatic rings. The molecule has 0 aromatic heterocycles. The Morgan fingerprint density at radius 3 is 2.53 bits per heavy atom. The predicted molar refractivity (Wildman–Crippen MR) is 77.6 cm³/mol. The van der Waals surface area contributed by atoms with Gasteiger partial charge in [0, 0.05) is 25.5 Å². The fraction of sp³-hybridized carbons (Fsp3) is 0.929. The number of halogens is 1. The highest BCUT2D eigenvalue weighted by Gasteiger charge is 2.40. The van der Waals surface area contributed by atoms with E-state index in [1.54, 1.807) is 7.11 Å². The van der Waals surface area contributed by atoms with Crippen LogP contribution in [0.4, 0.5) is 0 Å². The van der Waals surface area contributed by atoms with Gasteiger partial charge in [-0.25, -0.2) is 0 Å². The van der Waals surface area contributed by atoms with Crippen molar-refractivity contribution in [2.45, 2.75) is 50.2 Å². The van der Waals surface area contributed by atoms with Crippen LogP contribution >= 0.6 is 15.9 Å². The zero-order valence-electron chi connectivity index (χ0n) is 11.7. The molecule has 0 spiro atoms. The van der Waals surface area contributed by atoms with Gasteiger partial charge in [-0.1, -0.05) is 15.9 Å². The molecule has 0 atom stereocenters. The number of hydrogen-bond donors (Lipinski definition) is 0. The van der Waals surface area contributed by atoms with Crippen molar-refractivity contribution in [2.24, 2.45) is 0 Å². The lowest BCUT2D eigenvalue weighted by Gasteiger charge is -2.42. The van der Waals surface area contributed by atoms with E-state index in [-0.39, 0.29) is 11.5 Å². The molecule has 1 heterocycles. The van der Waals surface area contributed by atoms with Gasteiger partial charge in [-0.15, -0.1) is 0 Å². The Kier molecular flexibility index (Phi) is 5.66. The fourth-order valence-electron chi connectivity index (χ4n) is 2.89. The molecule has 1 amide bonds. The number of methoxy groups -OCH3 is 1. The lowest BCUT2D eigenvalue weighted by atomic mass is 9.77. The third kappa shape index (κ3) is 3.92. The van der Waals surface area contributed by atoms with Gasteiger partial charge in [-0.05, 0) is 32.1 Å². The molecule has 0 radical (unpaired) electrons. The molecule has 0 unspecified atom stereocenters. The summed E-state index contributed by atoms with van der Waals surface area (Å²) in [6.45, 7) is 2.41. The van der Waals surface area contributed by atoms with Gasteiger partial charge in [0.1, 0.15) is 0 Å². The van der Waals surface area contributed by atoms with E-state index in [1.807, 2.05) is 4.90 Å². The number of amides is 1. The first-order valence-electron chi connectivity index (χ1n) is 7.19. The van der Waals surface area contributed by atoms with Crippen LogP contribution in [0.1, 0.15) is 38.5 Å². The highest BCUT2D eigenvalue weighted by Crippen LogP contribution is 2.38. The summed E-state index contributed by atoms with van der Waals surface area (Å²) in [5.74, 6) is 0.250. The van der Waals surface area contributed by atoms with Crippen LogP contribution in [0.25, 0.3) is 0 Å². The van der Waals surface area contributed by atoms with Gasteiger partial charge in [0.25, 0.3) is 0 Å². The van der Waals surface area contributed by atoms with Crippen LogP contribution in [0.15, 0.2) is 0 Å². The molecule has 0 bridgehead atoms. The minimum atomic E-state index is -0.152. The molecular weight excluding hydrogens is 310 g/mol. The summed E-state index contributed by atoms with van der Waals surface area (Å²) in [6, 6.07) is 0. The van der Waals surface area contributed by atoms with Gasteiger partial charge in [0.05, 0.1) is 24.7 Å². The molecule has 2 fully saturated rings. The second kappa shape index (κ2) is 7.04. The highest BCUT2D eigenvalue weighted by molar-refractivity contribution is 9.09. The second-order valence-electron chi connectivity index (χ2n) is 5.56. The van der Waals surface area contributed by atoms with Crippen molar-refractivity contribution < 1.29 is 14.3 Å². The molecule has 2 rings (SSSR count). The summed E-state index contributed by atoms with van der Waals surface area (Å²) in [5.41, 5.74) is -0.152. The molecular formula is C14H24BrNO3. The molecule has 1 saturated heterocycles. The van der Waals surface area contributed by atoms with Crippen LogP contribution in [-0.2, 0) is 14.3 Å². The number of ether oxygens (including phenoxy) is 2. The van der Waals surface area contributed by atoms with Gasteiger partial charge in [-0.2, -0.15) is 0 Å². The van der Waals surface area contributed by atoms with Crippen LogP contribution in [0.3, 0.4) is 0 Å². The minimum Gasteiger partial charge on any atom is -0.378 e. The van der Waals surface area contributed by atoms with Gasteiger partial charge in [-0.3, -0.25) is 4.79 Å². The molecule has 110 valence electrons. The number of carbonyl (C=O) groups excluding carboxylic acids is 1. The van der Waals surface area contributed by atoms with Crippen molar-refractivity contribution in [1.82, 2.24) is 4.90 Å². The Bertz CT molecular complexity index is 294. The van der Waals surface area contributed by atoms with E-state index in [0.717, 1.165) is 50.7 Å². The van der Waals surface area contributed by atoms with E-state index in [9.17, 15) is 4.79 Å². The Balaban J connectivity index is 1.73. The monoisotopic (exact) mass is 333 g/mol. The first-order valence-corrected chi connectivity index (χ1v) is 8.32. The van der Waals surface area contributed by atoms with Gasteiger partial charge >= 0.3 is 0 Å². The van der Waals surface area contributed by atoms with E-state index in [0.29, 0.717) is 12.5 Å². The Morgan fingerprint density at radius 1 is 1.37 bits per heavy atom. The molecule has 0 aromatic carbocycles. The first kappa shape index (κ1) is 15.3. The van der Waals surface area contributed by atoms with E-state index in [2.05, 4.69) is 15.9 Å². The van der Waals surface area contributed by atoms with E-state index in [4.69, 9.17) is 9.47 Å². The third-order valence-electron chi connectivity index (χ3n) is 4.40. The number of alkyl halides is 1. The summed E-state index contributed by atoms with van der Waals surface area (Å²) in [4.78, 5) is 14.3. The van der Waals surface area contributed by atoms with Crippen molar-refractivity contribution in [3.63, 3.8) is 0 Å². The largest absolute Gasteiger partial charge is 0.378 e. The standard InChI is InChI=1S/C14H24BrNO3/c1-18-14(5-2-6-14)11-13(17)16-8-3-12(4-9-16)19-10-7-15/h12H,2-11H2,1H3. The van der Waals surface area contributed by atoms with Gasteiger partial charge in [0.15, 0.2) is 0 Å². The quantitative estimate of drug-likeness (QED) is 0.700. The number of hydrogen-bond acceptors (Lipinski definition) is 3. The number of piperidine rings is 1. The molecule has 1 aliphatic carbocycles. The topological polar surface area (TPSA) is 38.8 Å². The number of rotatable bonds is 6. The zero-order chi connectivity index (χ0) is 13.7. The molecule has 19 heavy (non-hydrogen) atoms. The third-order valence-corrected chi connectivity index (χ3v) is 4.72. The fourth-order valence-corrected chi connectivity index (χ4v) is 3.08. The maximum atomic E-state index is 12.3. The second-order valence-corrected chi connectivity index (χ2v) is 6.35. The van der Waals surface area contributed by atoms with Crippen molar-refractivity contribution in [1.29, 1.82) is 0 Å². The van der Waals surface area contributed by atoms with E-state index in [1.165, 1.54) is 6.42 Å². The summed E-state index contributed by atoms with van der Waals surface area (Å²) < 4.78 is 11.2. The van der Waals surface area contributed by atoms with Crippen molar-refractivity contribution in [2.75, 3.05) is 32.1 Å². The zero-order valence-corrected chi connectivity index (χ0v) is 13.3. The molecule has 0 N–H and O–H groups in total. The van der Waals surface area contributed by atoms with Crippen LogP contribution in [-0.4, -0.2) is 54.6 Å². The average Bonchev–Trinajstić information content (AvgIpc) is 2.41. The Morgan fingerprint density at radius 2 is 2.05 bits per heavy atom. The Hall–Kier alpha value is -0.130. The Labute approximate surface area is 123 Å². The van der Waals surface area contributed by atoms with Gasteiger partial charge in [0.2, 0.25) is 5.91 Å². The summed E-state index contributed by atoms with van der Waals surface area (Å²) in [5, 5.41) is 0.877. The van der Waals surface area contributed by atoms with Crippen LogP contribution in [0, 0.1) is 0 Å². The van der Waals surface area contributed by atoms with Crippen molar-refractivity contribution >= 4 is 21.8 Å². The smallest absolute Gasteiger partial charge is 0.225 e.